The van der Waals surface area contributed by atoms with Crippen molar-refractivity contribution < 1.29 is 51.3 Å². The third kappa shape index (κ3) is 25.8. The van der Waals surface area contributed by atoms with Crippen molar-refractivity contribution in [1.29, 1.82) is 0 Å². The summed E-state index contributed by atoms with van der Waals surface area (Å²) in [6.07, 6.45) is 8.42. The molecule has 0 aromatic carbocycles. The summed E-state index contributed by atoms with van der Waals surface area (Å²) in [5.41, 5.74) is 8.32. The third-order valence-electron chi connectivity index (χ3n) is 12.9. The summed E-state index contributed by atoms with van der Waals surface area (Å²) in [5, 5.41) is 0. The van der Waals surface area contributed by atoms with Gasteiger partial charge in [-0.3, -0.25) is 9.97 Å². The number of carbonyl (C=O) groups excluding carboxylic acids is 5. The van der Waals surface area contributed by atoms with Crippen LogP contribution in [0, 0.1) is 37.5 Å². The Hall–Kier alpha value is -5.06. The van der Waals surface area contributed by atoms with E-state index in [9.17, 15) is 32.4 Å². The van der Waals surface area contributed by atoms with Crippen molar-refractivity contribution in [1.82, 2.24) is 34.3 Å². The minimum atomic E-state index is -1.24. The minimum Gasteiger partial charge on any atom is -0.444 e. The molecule has 82 heavy (non-hydrogen) atoms. The number of rotatable bonds is 9. The molecule has 8 atom stereocenters. The van der Waals surface area contributed by atoms with Gasteiger partial charge >= 0.3 is 24.4 Å². The molecule has 20 nitrogen and oxygen atoms in total. The molecular formula is C60H101N9O11S2. The second-order valence-corrected chi connectivity index (χ2v) is 31.6. The summed E-state index contributed by atoms with van der Waals surface area (Å²) in [6.45, 7) is 42.7. The zero-order valence-electron chi connectivity index (χ0n) is 53.1. The van der Waals surface area contributed by atoms with Crippen LogP contribution in [0.25, 0.3) is 0 Å². The molecule has 4 aliphatic rings. The largest absolute Gasteiger partial charge is 0.444 e. The first-order valence-electron chi connectivity index (χ1n) is 28.7. The average molecular weight is 1190 g/mol. The first-order chi connectivity index (χ1) is 37.5. The van der Waals surface area contributed by atoms with E-state index in [0.717, 1.165) is 54.5 Å². The van der Waals surface area contributed by atoms with Crippen LogP contribution >= 0.6 is 0 Å². The van der Waals surface area contributed by atoms with Crippen LogP contribution < -0.4 is 10.5 Å². The van der Waals surface area contributed by atoms with Crippen molar-refractivity contribution in [3.63, 3.8) is 0 Å². The van der Waals surface area contributed by atoms with Gasteiger partial charge in [-0.1, -0.05) is 12.1 Å². The quantitative estimate of drug-likeness (QED) is 0.135. The van der Waals surface area contributed by atoms with E-state index in [1.54, 1.807) is 25.8 Å². The van der Waals surface area contributed by atoms with Gasteiger partial charge in [0, 0.05) is 88.7 Å². The molecule has 6 heterocycles. The number of nitrogens with zero attached hydrogens (tertiary/aromatic N) is 7. The Bertz CT molecular complexity index is 2470. The second kappa shape index (κ2) is 30.1. The Morgan fingerprint density at radius 3 is 1.29 bits per heavy atom. The van der Waals surface area contributed by atoms with Crippen molar-refractivity contribution in [3.05, 3.63) is 59.2 Å². The molecule has 464 valence electrons. The molecule has 0 radical (unpaired) electrons. The second-order valence-electron chi connectivity index (χ2n) is 27.7. The van der Waals surface area contributed by atoms with Crippen molar-refractivity contribution >= 4 is 58.8 Å². The summed E-state index contributed by atoms with van der Waals surface area (Å²) in [4.78, 5) is 74.0. The number of pyridine rings is 2. The van der Waals surface area contributed by atoms with Crippen LogP contribution in [-0.2, 0) is 45.7 Å². The Labute approximate surface area is 495 Å². The smallest absolute Gasteiger partial charge is 0.410 e. The number of aryl methyl sites for hydroxylation is 2. The van der Waals surface area contributed by atoms with Gasteiger partial charge in [0.1, 0.15) is 39.7 Å². The highest BCUT2D eigenvalue weighted by Crippen LogP contribution is 2.33. The van der Waals surface area contributed by atoms with Crippen LogP contribution in [0.2, 0.25) is 0 Å². The number of likely N-dealkylation sites (tertiary alicyclic amines) is 4. The number of carbonyl (C=O) groups is 5. The molecular weight excluding hydrogens is 1090 g/mol. The Balaban J connectivity index is 0.000000294. The molecule has 4 saturated heterocycles. The van der Waals surface area contributed by atoms with Crippen molar-refractivity contribution in [2.75, 3.05) is 52.4 Å². The predicted molar refractivity (Wildman–Crippen MR) is 325 cm³/mol. The summed E-state index contributed by atoms with van der Waals surface area (Å²) in [7, 11) is -2.47. The van der Waals surface area contributed by atoms with Crippen LogP contribution in [0.3, 0.4) is 0 Å². The molecule has 2 unspecified atom stereocenters. The summed E-state index contributed by atoms with van der Waals surface area (Å²) in [5.74, 6) is 0.503. The lowest BCUT2D eigenvalue weighted by Gasteiger charge is -2.28. The number of aromatic nitrogens is 2. The molecule has 4 aliphatic heterocycles. The average Bonchev–Trinajstić information content (AvgIpc) is 4.21. The highest BCUT2D eigenvalue weighted by atomic mass is 32.2. The van der Waals surface area contributed by atoms with E-state index in [1.807, 2.05) is 175 Å². The monoisotopic (exact) mass is 1190 g/mol. The molecule has 6 rings (SSSR count). The fraction of sp³-hybridized carbons (Fsp3) is 0.733. The highest BCUT2D eigenvalue weighted by molar-refractivity contribution is 7.85. The van der Waals surface area contributed by atoms with Crippen LogP contribution in [0.15, 0.2) is 41.1 Å². The van der Waals surface area contributed by atoms with Gasteiger partial charge in [-0.2, -0.15) is 4.40 Å². The third-order valence-corrected chi connectivity index (χ3v) is 15.8. The molecule has 0 bridgehead atoms. The van der Waals surface area contributed by atoms with Gasteiger partial charge in [-0.25, -0.2) is 32.3 Å². The molecule has 22 heteroatoms. The SMILES string of the molecule is CC(C)(C)OC(=O)N1CC[C@@H](C=N[S@@](=O)C(C)(C)C)C1.CC(C)(C)OC(=O)N1CC[C@@H](C=O)C1.Cc1ccc(C(N)[C@@H]2CCN(C(=O)OC(C)(C)C)C2)nc1.Cc1ccc(C(N[S@@](=O)C(C)(C)C)[C@@H]2CCN(C(=O)OC(C)(C)C)C2)nc1. The number of hydrogen-bond acceptors (Lipinski definition) is 14. The summed E-state index contributed by atoms with van der Waals surface area (Å²) in [6, 6.07) is 7.65. The number of nitrogens with one attached hydrogen (secondary N) is 1. The van der Waals surface area contributed by atoms with Gasteiger partial charge in [-0.15, -0.1) is 0 Å². The number of nitrogens with two attached hydrogens (primary N) is 1. The van der Waals surface area contributed by atoms with Gasteiger partial charge < -0.3 is 49.1 Å². The van der Waals surface area contributed by atoms with E-state index < -0.39 is 44.4 Å². The lowest BCUT2D eigenvalue weighted by atomic mass is 9.96. The number of hydrogen-bond donors (Lipinski definition) is 2. The van der Waals surface area contributed by atoms with Gasteiger partial charge in [0.15, 0.2) is 0 Å². The summed E-state index contributed by atoms with van der Waals surface area (Å²) >= 11 is 0. The zero-order chi connectivity index (χ0) is 62.3. The molecule has 2 aromatic heterocycles. The maximum absolute atomic E-state index is 12.7. The number of ether oxygens (including phenoxy) is 4. The predicted octanol–water partition coefficient (Wildman–Crippen LogP) is 10.6. The van der Waals surface area contributed by atoms with E-state index in [4.69, 9.17) is 24.7 Å². The summed E-state index contributed by atoms with van der Waals surface area (Å²) < 4.78 is 52.6. The first kappa shape index (κ1) is 71.2. The maximum atomic E-state index is 12.7. The molecule has 0 aliphatic carbocycles. The van der Waals surface area contributed by atoms with Crippen LogP contribution in [0.5, 0.6) is 0 Å². The van der Waals surface area contributed by atoms with Crippen molar-refractivity contribution in [2.45, 2.75) is 208 Å². The molecule has 4 amide bonds. The van der Waals surface area contributed by atoms with E-state index in [-0.39, 0.29) is 69.6 Å². The van der Waals surface area contributed by atoms with Gasteiger partial charge in [0.2, 0.25) is 0 Å². The first-order valence-corrected chi connectivity index (χ1v) is 30.9. The topological polar surface area (TPSA) is 246 Å². The molecule has 0 spiro atoms. The Kier molecular flexibility index (Phi) is 26.2. The molecule has 4 fully saturated rings. The van der Waals surface area contributed by atoms with Crippen LogP contribution in [-0.4, -0.2) is 159 Å². The number of aldehydes is 1. The maximum Gasteiger partial charge on any atom is 0.410 e. The Morgan fingerprint density at radius 2 is 0.927 bits per heavy atom. The number of amides is 4. The lowest BCUT2D eigenvalue weighted by Crippen LogP contribution is -2.40. The fourth-order valence-electron chi connectivity index (χ4n) is 8.49. The standard InChI is InChI=1S/C20H33N3O3S.C16H25N3O2.C14H26N2O3S.C10H17NO3/c1-14-8-9-16(21-12-14)17(22-27(25)20(5,6)7)15-10-11-23(13-15)18(24)26-19(2,3)4;1-11-5-6-13(18-9-11)14(17)12-7-8-19(10-12)15(20)21-16(2,3)4;1-13(2,3)19-12(17)16-8-7-11(10-16)9-15-20(18)14(4,5)6;1-10(2,3)14-9(13)11-5-4-8(6-11)7-12/h8-9,12,15,17,22H,10-11,13H2,1-7H3;5-6,9,12,14H,7-8,10,17H2,1-4H3;9,11H,7-8,10H2,1-6H3;7-8H,4-6H2,1-3H3/t15-,17?,27+;12-,14?;11-,20-;8-/m1101/s1. The lowest BCUT2D eigenvalue weighted by molar-refractivity contribution is -0.110. The molecule has 0 saturated carbocycles. The Morgan fingerprint density at radius 1 is 0.561 bits per heavy atom. The van der Waals surface area contributed by atoms with Crippen LogP contribution in [0.1, 0.15) is 185 Å². The van der Waals surface area contributed by atoms with Gasteiger partial charge in [0.25, 0.3) is 0 Å². The van der Waals surface area contributed by atoms with Gasteiger partial charge in [0.05, 0.1) is 44.0 Å². The zero-order valence-corrected chi connectivity index (χ0v) is 54.7. The molecule has 2 aromatic rings. The van der Waals surface area contributed by atoms with Gasteiger partial charge in [-0.05, 0) is 193 Å². The van der Waals surface area contributed by atoms with Crippen LogP contribution in [0.4, 0.5) is 19.2 Å². The van der Waals surface area contributed by atoms with E-state index >= 15 is 0 Å². The van der Waals surface area contributed by atoms with E-state index in [0.29, 0.717) is 52.4 Å². The normalized spacial score (nSPS) is 21.2. The van der Waals surface area contributed by atoms with E-state index in [1.165, 1.54) is 0 Å². The highest BCUT2D eigenvalue weighted by Gasteiger charge is 2.38. The molecule has 3 N–H and O–H groups in total. The van der Waals surface area contributed by atoms with Crippen molar-refractivity contribution in [2.24, 2.45) is 33.8 Å². The van der Waals surface area contributed by atoms with Crippen molar-refractivity contribution in [3.8, 4) is 0 Å². The minimum absolute atomic E-state index is 0.0116. The van der Waals surface area contributed by atoms with E-state index in [2.05, 4.69) is 19.1 Å². The fourth-order valence-corrected chi connectivity index (χ4v) is 9.98.